The molecule has 18 heavy (non-hydrogen) atoms. The fourth-order valence-electron chi connectivity index (χ4n) is 2.69. The molecule has 0 aliphatic heterocycles. The third-order valence-corrected chi connectivity index (χ3v) is 3.96. The topological polar surface area (TPSA) is 34.1 Å². The van der Waals surface area contributed by atoms with E-state index in [1.807, 2.05) is 19.9 Å². The van der Waals surface area contributed by atoms with Crippen LogP contribution in [0.1, 0.15) is 52.7 Å². The average Bonchev–Trinajstić information content (AvgIpc) is 2.33. The van der Waals surface area contributed by atoms with Crippen molar-refractivity contribution in [1.82, 2.24) is 0 Å². The van der Waals surface area contributed by atoms with E-state index in [1.165, 1.54) is 5.56 Å². The van der Waals surface area contributed by atoms with E-state index in [0.29, 0.717) is 12.8 Å². The predicted octanol–water partition coefficient (Wildman–Crippen LogP) is 3.55. The summed E-state index contributed by atoms with van der Waals surface area (Å²) in [5.41, 5.74) is 4.19. The first-order valence-electron chi connectivity index (χ1n) is 6.63. The van der Waals surface area contributed by atoms with Crippen molar-refractivity contribution in [3.05, 3.63) is 34.4 Å². The summed E-state index contributed by atoms with van der Waals surface area (Å²) in [6.45, 7) is 6.06. The molecule has 2 nitrogen and oxygen atoms in total. The van der Waals surface area contributed by atoms with Crippen LogP contribution >= 0.6 is 0 Å². The molecule has 0 heterocycles. The molecule has 2 heteroatoms. The lowest BCUT2D eigenvalue weighted by Crippen LogP contribution is -2.23. The number of aryl methyl sites for hydroxylation is 3. The Bertz CT molecular complexity index is 500. The Kier molecular flexibility index (Phi) is 3.65. The zero-order chi connectivity index (χ0) is 13.3. The van der Waals surface area contributed by atoms with E-state index in [0.717, 1.165) is 29.5 Å². The number of hydrogen-bond acceptors (Lipinski definition) is 2. The summed E-state index contributed by atoms with van der Waals surface area (Å²) in [6, 6.07) is 4.04. The van der Waals surface area contributed by atoms with Crippen molar-refractivity contribution < 1.29 is 9.59 Å². The van der Waals surface area contributed by atoms with Crippen molar-refractivity contribution in [2.45, 2.75) is 46.5 Å². The third kappa shape index (κ3) is 2.53. The monoisotopic (exact) mass is 244 g/mol. The summed E-state index contributed by atoms with van der Waals surface area (Å²) >= 11 is 0. The molecule has 1 aromatic carbocycles. The van der Waals surface area contributed by atoms with Crippen molar-refractivity contribution >= 4 is 11.6 Å². The highest BCUT2D eigenvalue weighted by atomic mass is 16.1. The second-order valence-corrected chi connectivity index (χ2v) is 5.45. The fraction of sp³-hybridized carbons (Fsp3) is 0.500. The summed E-state index contributed by atoms with van der Waals surface area (Å²) in [7, 11) is 0. The molecule has 0 aromatic heterocycles. The van der Waals surface area contributed by atoms with Gasteiger partial charge in [-0.2, -0.15) is 0 Å². The van der Waals surface area contributed by atoms with Gasteiger partial charge in [-0.3, -0.25) is 9.59 Å². The van der Waals surface area contributed by atoms with Crippen LogP contribution in [0.2, 0.25) is 0 Å². The van der Waals surface area contributed by atoms with Gasteiger partial charge in [-0.05, 0) is 56.4 Å². The van der Waals surface area contributed by atoms with E-state index in [1.54, 1.807) is 0 Å². The van der Waals surface area contributed by atoms with Crippen LogP contribution in [0.3, 0.4) is 0 Å². The zero-order valence-corrected chi connectivity index (χ0v) is 11.4. The first kappa shape index (κ1) is 13.0. The Morgan fingerprint density at radius 1 is 1.11 bits per heavy atom. The van der Waals surface area contributed by atoms with E-state index < -0.39 is 0 Å². The number of carbonyl (C=O) groups is 2. The van der Waals surface area contributed by atoms with Gasteiger partial charge in [0, 0.05) is 24.3 Å². The van der Waals surface area contributed by atoms with Crippen molar-refractivity contribution in [2.24, 2.45) is 5.92 Å². The Morgan fingerprint density at radius 3 is 2.44 bits per heavy atom. The second kappa shape index (κ2) is 5.05. The number of carbonyl (C=O) groups excluding carboxylic acids is 2. The molecule has 1 aliphatic carbocycles. The molecule has 1 aliphatic rings. The van der Waals surface area contributed by atoms with Crippen LogP contribution < -0.4 is 0 Å². The van der Waals surface area contributed by atoms with Crippen molar-refractivity contribution in [2.75, 3.05) is 0 Å². The van der Waals surface area contributed by atoms with Gasteiger partial charge in [-0.1, -0.05) is 6.07 Å². The Balaban J connectivity index is 2.28. The first-order valence-corrected chi connectivity index (χ1v) is 6.63. The number of rotatable bonds is 2. The molecule has 1 atom stereocenters. The summed E-state index contributed by atoms with van der Waals surface area (Å²) in [5.74, 6) is 0.303. The average molecular weight is 244 g/mol. The van der Waals surface area contributed by atoms with Crippen molar-refractivity contribution in [1.29, 1.82) is 0 Å². The maximum absolute atomic E-state index is 12.5. The van der Waals surface area contributed by atoms with Gasteiger partial charge in [-0.15, -0.1) is 0 Å². The minimum atomic E-state index is -0.0907. The highest BCUT2D eigenvalue weighted by Crippen LogP contribution is 2.27. The second-order valence-electron chi connectivity index (χ2n) is 5.45. The molecular formula is C16H20O2. The normalized spacial score (nSPS) is 19.9. The van der Waals surface area contributed by atoms with Crippen LogP contribution in [-0.4, -0.2) is 11.6 Å². The SMILES string of the molecule is Cc1cc(C)c(C(=O)C2CCCC(=O)C2)cc1C. The zero-order valence-electron chi connectivity index (χ0n) is 11.4. The quantitative estimate of drug-likeness (QED) is 0.745. The minimum absolute atomic E-state index is 0.0907. The molecule has 0 N–H and O–H groups in total. The molecule has 0 spiro atoms. The van der Waals surface area contributed by atoms with Crippen LogP contribution in [-0.2, 0) is 4.79 Å². The van der Waals surface area contributed by atoms with Gasteiger partial charge in [-0.25, -0.2) is 0 Å². The van der Waals surface area contributed by atoms with Gasteiger partial charge in [0.1, 0.15) is 5.78 Å². The maximum atomic E-state index is 12.5. The molecular weight excluding hydrogens is 224 g/mol. The van der Waals surface area contributed by atoms with E-state index in [-0.39, 0.29) is 17.5 Å². The lowest BCUT2D eigenvalue weighted by molar-refractivity contribution is -0.121. The largest absolute Gasteiger partial charge is 0.300 e. The Hall–Kier alpha value is -1.44. The molecule has 96 valence electrons. The molecule has 1 unspecified atom stereocenters. The molecule has 0 bridgehead atoms. The van der Waals surface area contributed by atoms with Gasteiger partial charge in [0.05, 0.1) is 0 Å². The summed E-state index contributed by atoms with van der Waals surface area (Å²) < 4.78 is 0. The number of hydrogen-bond donors (Lipinski definition) is 0. The molecule has 0 radical (unpaired) electrons. The van der Waals surface area contributed by atoms with E-state index in [9.17, 15) is 9.59 Å². The number of Topliss-reactive ketones (excluding diaryl/α,β-unsaturated/α-hetero) is 2. The van der Waals surface area contributed by atoms with Gasteiger partial charge >= 0.3 is 0 Å². The Labute approximate surface area is 108 Å². The maximum Gasteiger partial charge on any atom is 0.166 e. The van der Waals surface area contributed by atoms with E-state index >= 15 is 0 Å². The van der Waals surface area contributed by atoms with Crippen LogP contribution in [0.25, 0.3) is 0 Å². The molecule has 0 saturated heterocycles. The molecule has 2 rings (SSSR count). The van der Waals surface area contributed by atoms with Gasteiger partial charge in [0.25, 0.3) is 0 Å². The molecule has 1 saturated carbocycles. The van der Waals surface area contributed by atoms with E-state index in [2.05, 4.69) is 13.0 Å². The van der Waals surface area contributed by atoms with Crippen LogP contribution in [0.4, 0.5) is 0 Å². The van der Waals surface area contributed by atoms with Crippen LogP contribution in [0.15, 0.2) is 12.1 Å². The number of ketones is 2. The lowest BCUT2D eigenvalue weighted by atomic mass is 9.81. The number of benzene rings is 1. The summed E-state index contributed by atoms with van der Waals surface area (Å²) in [5, 5.41) is 0. The Morgan fingerprint density at radius 2 is 1.78 bits per heavy atom. The van der Waals surface area contributed by atoms with Crippen LogP contribution in [0.5, 0.6) is 0 Å². The van der Waals surface area contributed by atoms with Gasteiger partial charge in [0.15, 0.2) is 5.78 Å². The minimum Gasteiger partial charge on any atom is -0.300 e. The third-order valence-electron chi connectivity index (χ3n) is 3.96. The smallest absolute Gasteiger partial charge is 0.166 e. The predicted molar refractivity (Wildman–Crippen MR) is 71.9 cm³/mol. The van der Waals surface area contributed by atoms with Crippen LogP contribution in [0, 0.1) is 26.7 Å². The highest BCUT2D eigenvalue weighted by molar-refractivity contribution is 6.01. The molecule has 1 aromatic rings. The van der Waals surface area contributed by atoms with Gasteiger partial charge in [0.2, 0.25) is 0 Å². The summed E-state index contributed by atoms with van der Waals surface area (Å²) in [4.78, 5) is 23.9. The standard InChI is InChI=1S/C16H20O2/c1-10-7-12(3)15(8-11(10)2)16(18)13-5-4-6-14(17)9-13/h7-8,13H,4-6,9H2,1-3H3. The highest BCUT2D eigenvalue weighted by Gasteiger charge is 2.27. The lowest BCUT2D eigenvalue weighted by Gasteiger charge is -2.21. The van der Waals surface area contributed by atoms with Gasteiger partial charge < -0.3 is 0 Å². The van der Waals surface area contributed by atoms with Crippen molar-refractivity contribution in [3.8, 4) is 0 Å². The molecule has 0 amide bonds. The first-order chi connectivity index (χ1) is 8.49. The molecule has 1 fully saturated rings. The summed E-state index contributed by atoms with van der Waals surface area (Å²) in [6.07, 6.45) is 2.80. The van der Waals surface area contributed by atoms with Crippen molar-refractivity contribution in [3.63, 3.8) is 0 Å². The van der Waals surface area contributed by atoms with E-state index in [4.69, 9.17) is 0 Å². The fourth-order valence-corrected chi connectivity index (χ4v) is 2.69.